The molecule has 2 rings (SSSR count). The quantitative estimate of drug-likeness (QED) is 0.815. The van der Waals surface area contributed by atoms with Gasteiger partial charge in [0, 0.05) is 19.3 Å². The molecular weight excluding hydrogens is 278 g/mol. The van der Waals surface area contributed by atoms with E-state index in [9.17, 15) is 8.42 Å². The summed E-state index contributed by atoms with van der Waals surface area (Å²) in [6.45, 7) is 6.50. The third-order valence-electron chi connectivity index (χ3n) is 3.58. The van der Waals surface area contributed by atoms with Crippen LogP contribution in [0.15, 0.2) is 12.4 Å². The Morgan fingerprint density at radius 1 is 1.40 bits per heavy atom. The summed E-state index contributed by atoms with van der Waals surface area (Å²) in [5.74, 6) is 0. The van der Waals surface area contributed by atoms with E-state index in [1.54, 1.807) is 12.4 Å². The number of hydrogen-bond donors (Lipinski definition) is 2. The van der Waals surface area contributed by atoms with Gasteiger partial charge in [-0.25, -0.2) is 0 Å². The summed E-state index contributed by atoms with van der Waals surface area (Å²) in [5.41, 5.74) is 0.524. The van der Waals surface area contributed by atoms with Gasteiger partial charge in [0.15, 0.2) is 0 Å². The van der Waals surface area contributed by atoms with Gasteiger partial charge in [-0.2, -0.15) is 17.8 Å². The lowest BCUT2D eigenvalue weighted by Crippen LogP contribution is -2.35. The summed E-state index contributed by atoms with van der Waals surface area (Å²) in [7, 11) is -3.48. The summed E-state index contributed by atoms with van der Waals surface area (Å²) in [6, 6.07) is 0.350. The van der Waals surface area contributed by atoms with Gasteiger partial charge in [-0.05, 0) is 25.9 Å². The highest BCUT2D eigenvalue weighted by atomic mass is 32.2. The third kappa shape index (κ3) is 3.50. The molecule has 1 aromatic heterocycles. The Balaban J connectivity index is 2.05. The lowest BCUT2D eigenvalue weighted by molar-refractivity contribution is 0.343. The molecule has 20 heavy (non-hydrogen) atoms. The maximum absolute atomic E-state index is 12.1. The van der Waals surface area contributed by atoms with Gasteiger partial charge in [-0.1, -0.05) is 13.8 Å². The van der Waals surface area contributed by atoms with Crippen LogP contribution in [-0.4, -0.2) is 48.7 Å². The first-order valence-electron chi connectivity index (χ1n) is 7.09. The lowest BCUT2D eigenvalue weighted by atomic mass is 10.1. The highest BCUT2D eigenvalue weighted by molar-refractivity contribution is 7.90. The smallest absolute Gasteiger partial charge is 0.301 e. The van der Waals surface area contributed by atoms with E-state index >= 15 is 0 Å². The molecule has 8 heteroatoms. The van der Waals surface area contributed by atoms with Crippen molar-refractivity contribution in [1.29, 1.82) is 0 Å². The molecule has 1 aliphatic rings. The third-order valence-corrected chi connectivity index (χ3v) is 5.27. The van der Waals surface area contributed by atoms with E-state index in [1.807, 2.05) is 18.5 Å². The van der Waals surface area contributed by atoms with E-state index in [0.29, 0.717) is 24.8 Å². The molecule has 0 unspecified atom stereocenters. The minimum atomic E-state index is -3.48. The number of hydrogen-bond acceptors (Lipinski definition) is 4. The van der Waals surface area contributed by atoms with E-state index in [1.165, 1.54) is 4.31 Å². The zero-order valence-electron chi connectivity index (χ0n) is 12.0. The first-order chi connectivity index (χ1) is 9.56. The van der Waals surface area contributed by atoms with Crippen LogP contribution < -0.4 is 10.0 Å². The minimum Gasteiger partial charge on any atom is -0.317 e. The van der Waals surface area contributed by atoms with Crippen molar-refractivity contribution in [3.05, 3.63) is 12.4 Å². The zero-order valence-corrected chi connectivity index (χ0v) is 12.9. The first-order valence-corrected chi connectivity index (χ1v) is 8.53. The van der Waals surface area contributed by atoms with Crippen molar-refractivity contribution in [3.63, 3.8) is 0 Å². The van der Waals surface area contributed by atoms with Gasteiger partial charge in [-0.15, -0.1) is 0 Å². The molecule has 2 heterocycles. The highest BCUT2D eigenvalue weighted by Gasteiger charge is 2.20. The van der Waals surface area contributed by atoms with Crippen molar-refractivity contribution in [2.45, 2.75) is 32.7 Å². The molecule has 0 saturated carbocycles. The van der Waals surface area contributed by atoms with Gasteiger partial charge in [0.2, 0.25) is 0 Å². The fourth-order valence-corrected chi connectivity index (χ4v) is 3.65. The minimum absolute atomic E-state index is 0.350. The van der Waals surface area contributed by atoms with Gasteiger partial charge in [0.05, 0.1) is 17.9 Å². The Hall–Kier alpha value is -1.12. The van der Waals surface area contributed by atoms with Crippen molar-refractivity contribution < 1.29 is 8.42 Å². The van der Waals surface area contributed by atoms with Crippen molar-refractivity contribution in [1.82, 2.24) is 19.4 Å². The Morgan fingerprint density at radius 3 is 2.65 bits per heavy atom. The van der Waals surface area contributed by atoms with Crippen LogP contribution >= 0.6 is 0 Å². The van der Waals surface area contributed by atoms with Gasteiger partial charge in [-0.3, -0.25) is 9.40 Å². The Labute approximate surface area is 120 Å². The standard InChI is InChI=1S/C12H23N5O2S/c1-3-16(4-2)20(18,19)15-11-9-14-17(10-11)12-5-7-13-8-6-12/h9-10,12-13,15H,3-8H2,1-2H3. The van der Waals surface area contributed by atoms with Gasteiger partial charge in [0.25, 0.3) is 0 Å². The van der Waals surface area contributed by atoms with Crippen molar-refractivity contribution in [2.75, 3.05) is 30.9 Å². The molecule has 0 radical (unpaired) electrons. The topological polar surface area (TPSA) is 79.3 Å². The molecule has 7 nitrogen and oxygen atoms in total. The second-order valence-corrected chi connectivity index (χ2v) is 6.55. The molecule has 0 spiro atoms. The van der Waals surface area contributed by atoms with E-state index in [4.69, 9.17) is 0 Å². The van der Waals surface area contributed by atoms with E-state index < -0.39 is 10.2 Å². The van der Waals surface area contributed by atoms with Crippen LogP contribution in [0, 0.1) is 0 Å². The van der Waals surface area contributed by atoms with E-state index in [2.05, 4.69) is 15.1 Å². The molecule has 2 N–H and O–H groups in total. The maximum atomic E-state index is 12.1. The SMILES string of the molecule is CCN(CC)S(=O)(=O)Nc1cnn(C2CCNCC2)c1. The highest BCUT2D eigenvalue weighted by Crippen LogP contribution is 2.20. The molecule has 0 aromatic carbocycles. The summed E-state index contributed by atoms with van der Waals surface area (Å²) >= 11 is 0. The average molecular weight is 301 g/mol. The second-order valence-electron chi connectivity index (χ2n) is 4.88. The Kier molecular flexibility index (Phi) is 5.00. The van der Waals surface area contributed by atoms with Crippen LogP contribution in [0.25, 0.3) is 0 Å². The van der Waals surface area contributed by atoms with E-state index in [0.717, 1.165) is 25.9 Å². The molecule has 1 aromatic rings. The van der Waals surface area contributed by atoms with Crippen molar-refractivity contribution in [2.24, 2.45) is 0 Å². The number of nitrogens with one attached hydrogen (secondary N) is 2. The van der Waals surface area contributed by atoms with Crippen LogP contribution in [0.5, 0.6) is 0 Å². The average Bonchev–Trinajstić information content (AvgIpc) is 2.88. The number of aromatic nitrogens is 2. The molecular formula is C12H23N5O2S. The second kappa shape index (κ2) is 6.55. The number of piperidine rings is 1. The molecule has 114 valence electrons. The summed E-state index contributed by atoms with van der Waals surface area (Å²) in [6.07, 6.45) is 5.38. The molecule has 0 bridgehead atoms. The predicted molar refractivity (Wildman–Crippen MR) is 78.8 cm³/mol. The fourth-order valence-electron chi connectivity index (χ4n) is 2.44. The summed E-state index contributed by atoms with van der Waals surface area (Å²) < 4.78 is 30.1. The summed E-state index contributed by atoms with van der Waals surface area (Å²) in [5, 5.41) is 7.58. The molecule has 1 saturated heterocycles. The van der Waals surface area contributed by atoms with Crippen LogP contribution in [0.3, 0.4) is 0 Å². The number of nitrogens with zero attached hydrogens (tertiary/aromatic N) is 3. The molecule has 0 amide bonds. The van der Waals surface area contributed by atoms with Crippen LogP contribution in [0.1, 0.15) is 32.7 Å². The first kappa shape index (κ1) is 15.3. The van der Waals surface area contributed by atoms with E-state index in [-0.39, 0.29) is 0 Å². The molecule has 1 fully saturated rings. The van der Waals surface area contributed by atoms with Crippen LogP contribution in [-0.2, 0) is 10.2 Å². The van der Waals surface area contributed by atoms with Crippen LogP contribution in [0.4, 0.5) is 5.69 Å². The Morgan fingerprint density at radius 2 is 2.05 bits per heavy atom. The molecule has 1 aliphatic heterocycles. The summed E-state index contributed by atoms with van der Waals surface area (Å²) in [4.78, 5) is 0. The molecule has 0 atom stereocenters. The number of rotatable bonds is 6. The van der Waals surface area contributed by atoms with Crippen molar-refractivity contribution >= 4 is 15.9 Å². The normalized spacial score (nSPS) is 17.6. The number of anilines is 1. The predicted octanol–water partition coefficient (Wildman–Crippen LogP) is 0.806. The van der Waals surface area contributed by atoms with Crippen LogP contribution in [0.2, 0.25) is 0 Å². The lowest BCUT2D eigenvalue weighted by Gasteiger charge is -2.22. The maximum Gasteiger partial charge on any atom is 0.301 e. The zero-order chi connectivity index (χ0) is 14.6. The fraction of sp³-hybridized carbons (Fsp3) is 0.750. The molecule has 0 aliphatic carbocycles. The van der Waals surface area contributed by atoms with Gasteiger partial charge < -0.3 is 5.32 Å². The largest absolute Gasteiger partial charge is 0.317 e. The van der Waals surface area contributed by atoms with Crippen molar-refractivity contribution in [3.8, 4) is 0 Å². The monoisotopic (exact) mass is 301 g/mol. The van der Waals surface area contributed by atoms with Gasteiger partial charge >= 0.3 is 10.2 Å². The van der Waals surface area contributed by atoms with Gasteiger partial charge in [0.1, 0.15) is 0 Å². The Bertz CT molecular complexity index is 518.